The number of nitro groups is 2. The molecule has 46 heavy (non-hydrogen) atoms. The maximum Gasteiger partial charge on any atom is 0.318 e. The second kappa shape index (κ2) is 12.4. The van der Waals surface area contributed by atoms with Crippen molar-refractivity contribution in [2.45, 2.75) is 65.7 Å². The number of carbonyl (C=O) groups excluding carboxylic acids is 2. The molecule has 2 aromatic carbocycles. The van der Waals surface area contributed by atoms with Crippen LogP contribution in [0.5, 0.6) is 11.5 Å². The van der Waals surface area contributed by atoms with Crippen LogP contribution in [0.2, 0.25) is 10.0 Å². The van der Waals surface area contributed by atoms with Crippen LogP contribution in [0.1, 0.15) is 71.3 Å². The first-order valence-corrected chi connectivity index (χ1v) is 15.7. The first-order chi connectivity index (χ1) is 21.5. The quantitative estimate of drug-likeness (QED) is 0.146. The Kier molecular flexibility index (Phi) is 9.07. The second-order valence-electron chi connectivity index (χ2n) is 13.6. The minimum Gasteiger partial charge on any atom is -0.447 e. The second-order valence-corrected chi connectivity index (χ2v) is 14.4. The zero-order valence-electron chi connectivity index (χ0n) is 26.3. The zero-order valence-corrected chi connectivity index (χ0v) is 27.8. The van der Waals surface area contributed by atoms with Crippen molar-refractivity contribution in [3.63, 3.8) is 0 Å². The number of halogens is 2. The highest BCUT2D eigenvalue weighted by Gasteiger charge is 2.49. The summed E-state index contributed by atoms with van der Waals surface area (Å²) in [6.45, 7) is 9.37. The molecule has 0 bridgehead atoms. The number of rotatable bonds is 9. The molecule has 2 aromatic rings. The Morgan fingerprint density at radius 1 is 0.870 bits per heavy atom. The highest BCUT2D eigenvalue weighted by Crippen LogP contribution is 2.55. The van der Waals surface area contributed by atoms with Gasteiger partial charge in [-0.2, -0.15) is 0 Å². The maximum absolute atomic E-state index is 14.0. The third-order valence-electron chi connectivity index (χ3n) is 8.67. The lowest BCUT2D eigenvalue weighted by Crippen LogP contribution is -2.44. The van der Waals surface area contributed by atoms with Crippen LogP contribution in [0.4, 0.5) is 11.4 Å². The molecule has 0 N–H and O–H groups in total. The van der Waals surface area contributed by atoms with Gasteiger partial charge in [0.25, 0.3) is 5.69 Å². The van der Waals surface area contributed by atoms with Crippen LogP contribution in [0.25, 0.3) is 0 Å². The van der Waals surface area contributed by atoms with Gasteiger partial charge in [-0.25, -0.2) is 0 Å². The summed E-state index contributed by atoms with van der Waals surface area (Å²) in [6, 6.07) is 6.11. The van der Waals surface area contributed by atoms with Gasteiger partial charge in [-0.3, -0.25) is 29.8 Å². The summed E-state index contributed by atoms with van der Waals surface area (Å²) >= 11 is 13.5. The monoisotopic (exact) mass is 671 g/mol. The summed E-state index contributed by atoms with van der Waals surface area (Å²) in [7, 11) is 1.64. The van der Waals surface area contributed by atoms with E-state index in [1.54, 1.807) is 19.2 Å². The molecule has 1 aliphatic heterocycles. The van der Waals surface area contributed by atoms with Gasteiger partial charge in [0.2, 0.25) is 5.75 Å². The Morgan fingerprint density at radius 2 is 1.41 bits per heavy atom. The summed E-state index contributed by atoms with van der Waals surface area (Å²) in [4.78, 5) is 51.5. The minimum atomic E-state index is -0.798. The molecule has 0 atom stereocenters. The van der Waals surface area contributed by atoms with E-state index in [9.17, 15) is 29.8 Å². The number of Topliss-reactive ketones (excluding diaryl/α,β-unsaturated/α-hetero) is 2. The van der Waals surface area contributed by atoms with Crippen molar-refractivity contribution in [2.24, 2.45) is 10.8 Å². The molecule has 13 heteroatoms. The summed E-state index contributed by atoms with van der Waals surface area (Å²) in [6.07, 6.45) is 2.59. The number of carbonyl (C=O) groups is 2. The van der Waals surface area contributed by atoms with Crippen LogP contribution in [-0.4, -0.2) is 46.6 Å². The lowest BCUT2D eigenvalue weighted by molar-refractivity contribution is -0.394. The van der Waals surface area contributed by atoms with Gasteiger partial charge in [0.1, 0.15) is 0 Å². The normalized spacial score (nSPS) is 19.2. The van der Waals surface area contributed by atoms with Crippen molar-refractivity contribution in [3.05, 3.63) is 88.7 Å². The number of nitro benzene ring substituents is 2. The molecule has 0 aromatic heterocycles. The van der Waals surface area contributed by atoms with Gasteiger partial charge in [-0.1, -0.05) is 50.9 Å². The number of non-ortho nitro benzene ring substituents is 1. The van der Waals surface area contributed by atoms with Crippen molar-refractivity contribution < 1.29 is 28.9 Å². The molecule has 0 fully saturated rings. The van der Waals surface area contributed by atoms with Gasteiger partial charge in [0.15, 0.2) is 17.3 Å². The van der Waals surface area contributed by atoms with Crippen molar-refractivity contribution in [2.75, 3.05) is 20.3 Å². The molecule has 0 saturated carbocycles. The smallest absolute Gasteiger partial charge is 0.318 e. The van der Waals surface area contributed by atoms with Gasteiger partial charge in [-0.15, -0.1) is 0 Å². The van der Waals surface area contributed by atoms with Crippen molar-refractivity contribution >= 4 is 46.1 Å². The van der Waals surface area contributed by atoms with Crippen LogP contribution in [-0.2, 0) is 14.3 Å². The predicted octanol–water partition coefficient (Wildman–Crippen LogP) is 8.32. The van der Waals surface area contributed by atoms with Crippen molar-refractivity contribution in [1.82, 2.24) is 4.90 Å². The Morgan fingerprint density at radius 3 is 1.89 bits per heavy atom. The fraction of sp³-hybridized carbons (Fsp3) is 0.455. The Hall–Kier alpha value is -3.80. The van der Waals surface area contributed by atoms with Crippen LogP contribution < -0.4 is 4.74 Å². The van der Waals surface area contributed by atoms with Crippen LogP contribution in [0.3, 0.4) is 0 Å². The average molecular weight is 673 g/mol. The fourth-order valence-electron chi connectivity index (χ4n) is 6.82. The Balaban J connectivity index is 1.66. The van der Waals surface area contributed by atoms with E-state index < -0.39 is 27.1 Å². The highest BCUT2D eigenvalue weighted by atomic mass is 35.5. The predicted molar refractivity (Wildman–Crippen MR) is 172 cm³/mol. The van der Waals surface area contributed by atoms with Gasteiger partial charge in [0, 0.05) is 67.6 Å². The molecular formula is C33H35Cl2N3O8. The van der Waals surface area contributed by atoms with E-state index >= 15 is 0 Å². The number of benzene rings is 2. The molecular weight excluding hydrogens is 637 g/mol. The highest BCUT2D eigenvalue weighted by molar-refractivity contribution is 6.37. The number of ketones is 2. The molecule has 11 nitrogen and oxygen atoms in total. The molecule has 2 aliphatic carbocycles. The van der Waals surface area contributed by atoms with Crippen LogP contribution in [0.15, 0.2) is 52.9 Å². The van der Waals surface area contributed by atoms with E-state index in [1.807, 2.05) is 0 Å². The first-order valence-electron chi connectivity index (χ1n) is 14.9. The summed E-state index contributed by atoms with van der Waals surface area (Å²) in [5, 5.41) is 22.9. The summed E-state index contributed by atoms with van der Waals surface area (Å²) < 4.78 is 11.1. The van der Waals surface area contributed by atoms with Crippen molar-refractivity contribution in [1.29, 1.82) is 0 Å². The van der Waals surface area contributed by atoms with Crippen LogP contribution >= 0.6 is 23.2 Å². The summed E-state index contributed by atoms with van der Waals surface area (Å²) in [5.74, 6) is -1.20. The SMILES string of the molecule is COCCCN1C2=C(C(=O)CC(C)(C)C2)C(c2cc(Cl)c(Oc3ccc([N+](=O)[O-])cc3[N+](=O)[O-])c(Cl)c2)C2=C1CC(C)(C)CC2=O. The van der Waals surface area contributed by atoms with Crippen molar-refractivity contribution in [3.8, 4) is 11.5 Å². The van der Waals surface area contributed by atoms with E-state index in [0.717, 1.165) is 29.6 Å². The number of nitrogens with zero attached hydrogens (tertiary/aromatic N) is 3. The molecule has 244 valence electrons. The standard InChI is InChI=1S/C33H35Cl2N3O8/c1-32(2)14-23-29(25(39)16-32)28(30-24(36(23)9-6-10-45-5)15-33(3,4)17-26(30)40)18-11-20(34)31(21(35)12-18)46-27-8-7-19(37(41)42)13-22(27)38(43)44/h7-8,11-13,28H,6,9-10,14-17H2,1-5H3. The van der Waals surface area contributed by atoms with E-state index in [-0.39, 0.29) is 43.9 Å². The number of ether oxygens (including phenoxy) is 2. The number of hydrogen-bond donors (Lipinski definition) is 0. The number of methoxy groups -OCH3 is 1. The van der Waals surface area contributed by atoms with Gasteiger partial charge in [0.05, 0.1) is 26.0 Å². The summed E-state index contributed by atoms with van der Waals surface area (Å²) in [5.41, 5.74) is 1.71. The van der Waals surface area contributed by atoms with Gasteiger partial charge in [-0.05, 0) is 53.9 Å². The largest absolute Gasteiger partial charge is 0.447 e. The average Bonchev–Trinajstić information content (AvgIpc) is 2.93. The molecule has 0 unspecified atom stereocenters. The first kappa shape index (κ1) is 33.6. The third kappa shape index (κ3) is 6.41. The number of allylic oxidation sites excluding steroid dienone is 4. The maximum atomic E-state index is 14.0. The van der Waals surface area contributed by atoms with Gasteiger partial charge >= 0.3 is 5.69 Å². The lowest BCUT2D eigenvalue weighted by atomic mass is 9.63. The molecule has 1 heterocycles. The Bertz CT molecular complexity index is 1650. The van der Waals surface area contributed by atoms with E-state index in [2.05, 4.69) is 32.6 Å². The van der Waals surface area contributed by atoms with E-state index in [0.29, 0.717) is 62.0 Å². The lowest BCUT2D eigenvalue weighted by Gasteiger charge is -2.49. The van der Waals surface area contributed by atoms with E-state index in [4.69, 9.17) is 32.7 Å². The minimum absolute atomic E-state index is 0.00542. The molecule has 0 spiro atoms. The zero-order chi connectivity index (χ0) is 33.7. The Labute approximate surface area is 276 Å². The van der Waals surface area contributed by atoms with Gasteiger partial charge < -0.3 is 14.4 Å². The molecule has 0 saturated heterocycles. The number of hydrogen-bond acceptors (Lipinski definition) is 9. The topological polar surface area (TPSA) is 142 Å². The molecule has 0 radical (unpaired) electrons. The molecule has 5 rings (SSSR count). The molecule has 3 aliphatic rings. The van der Waals surface area contributed by atoms with Crippen LogP contribution in [0, 0.1) is 31.1 Å². The third-order valence-corrected chi connectivity index (χ3v) is 9.23. The molecule has 0 amide bonds. The van der Waals surface area contributed by atoms with E-state index in [1.165, 1.54) is 0 Å². The fourth-order valence-corrected chi connectivity index (χ4v) is 7.40.